The molecule has 0 unspecified atom stereocenters. The van der Waals surface area contributed by atoms with Crippen LogP contribution in [0, 0.1) is 0 Å². The van der Waals surface area contributed by atoms with E-state index in [1.807, 2.05) is 55.7 Å². The lowest BCUT2D eigenvalue weighted by atomic mass is 10.1. The van der Waals surface area contributed by atoms with Gasteiger partial charge in [0.15, 0.2) is 11.5 Å². The number of pyridine rings is 1. The lowest BCUT2D eigenvalue weighted by Gasteiger charge is -2.00. The molecule has 6 aromatic rings. The van der Waals surface area contributed by atoms with Crippen LogP contribution in [0.3, 0.4) is 0 Å². The van der Waals surface area contributed by atoms with E-state index in [1.54, 1.807) is 4.68 Å². The highest BCUT2D eigenvalue weighted by Crippen LogP contribution is 2.36. The molecule has 0 saturated heterocycles. The molecule has 158 valence electrons. The summed E-state index contributed by atoms with van der Waals surface area (Å²) in [5, 5.41) is 21.5. The first-order valence-electron chi connectivity index (χ1n) is 9.84. The van der Waals surface area contributed by atoms with Crippen molar-refractivity contribution < 1.29 is 5.11 Å². The van der Waals surface area contributed by atoms with Crippen molar-refractivity contribution >= 4 is 45.0 Å². The number of H-pyrrole nitrogens is 2. The molecule has 0 bridgehead atoms. The Labute approximate surface area is 190 Å². The SMILES string of the molecule is Cn1cc(-c2ccc3[nH]nc(-c4nc5c(-c6ccc(Cl)s6)cccc5[nH]4)c3n2)c(CO)n1. The third-order valence-corrected chi connectivity index (χ3v) is 6.58. The van der Waals surface area contributed by atoms with Crippen LogP contribution in [-0.2, 0) is 13.7 Å². The van der Waals surface area contributed by atoms with Crippen LogP contribution in [0.2, 0.25) is 4.34 Å². The predicted octanol–water partition coefficient (Wildman–Crippen LogP) is 4.78. The van der Waals surface area contributed by atoms with Gasteiger partial charge in [-0.3, -0.25) is 9.78 Å². The van der Waals surface area contributed by atoms with E-state index in [4.69, 9.17) is 21.6 Å². The fraction of sp³-hybridized carbons (Fsp3) is 0.0909. The third kappa shape index (κ3) is 3.01. The van der Waals surface area contributed by atoms with Crippen molar-refractivity contribution in [3.8, 4) is 33.2 Å². The van der Waals surface area contributed by atoms with Crippen molar-refractivity contribution in [2.24, 2.45) is 7.05 Å². The topological polar surface area (TPSA) is 108 Å². The summed E-state index contributed by atoms with van der Waals surface area (Å²) in [5.41, 5.74) is 6.95. The Kier molecular flexibility index (Phi) is 4.35. The maximum atomic E-state index is 9.66. The number of hydrogen-bond acceptors (Lipinski definition) is 6. The largest absolute Gasteiger partial charge is 0.390 e. The Morgan fingerprint density at radius 1 is 1.03 bits per heavy atom. The second-order valence-electron chi connectivity index (χ2n) is 7.38. The van der Waals surface area contributed by atoms with Gasteiger partial charge in [-0.2, -0.15) is 10.2 Å². The van der Waals surface area contributed by atoms with Crippen LogP contribution in [0.15, 0.2) is 48.7 Å². The number of nitrogens with one attached hydrogen (secondary N) is 2. The minimum Gasteiger partial charge on any atom is -0.390 e. The number of aliphatic hydroxyl groups excluding tert-OH is 1. The molecule has 32 heavy (non-hydrogen) atoms. The number of para-hydroxylation sites is 1. The minimum absolute atomic E-state index is 0.160. The highest BCUT2D eigenvalue weighted by molar-refractivity contribution is 7.19. The van der Waals surface area contributed by atoms with Crippen LogP contribution >= 0.6 is 22.9 Å². The number of aryl methyl sites for hydroxylation is 1. The molecule has 3 N–H and O–H groups in total. The smallest absolute Gasteiger partial charge is 0.161 e. The van der Waals surface area contributed by atoms with Crippen molar-refractivity contribution in [1.29, 1.82) is 0 Å². The maximum Gasteiger partial charge on any atom is 0.161 e. The predicted molar refractivity (Wildman–Crippen MR) is 125 cm³/mol. The molecule has 0 amide bonds. The second-order valence-corrected chi connectivity index (χ2v) is 9.09. The molecule has 0 spiro atoms. The van der Waals surface area contributed by atoms with Gasteiger partial charge in [-0.25, -0.2) is 9.97 Å². The van der Waals surface area contributed by atoms with E-state index in [1.165, 1.54) is 11.3 Å². The van der Waals surface area contributed by atoms with E-state index in [9.17, 15) is 5.11 Å². The van der Waals surface area contributed by atoms with E-state index in [-0.39, 0.29) is 6.61 Å². The normalized spacial score (nSPS) is 11.7. The number of nitrogens with zero attached hydrogens (tertiary/aromatic N) is 5. The van der Waals surface area contributed by atoms with Gasteiger partial charge < -0.3 is 10.1 Å². The number of imidazole rings is 1. The molecule has 8 nitrogen and oxygen atoms in total. The van der Waals surface area contributed by atoms with Gasteiger partial charge in [0.2, 0.25) is 0 Å². The number of benzene rings is 1. The molecule has 6 rings (SSSR count). The number of halogens is 1. The molecule has 0 fully saturated rings. The average molecular weight is 462 g/mol. The highest BCUT2D eigenvalue weighted by atomic mass is 35.5. The molecule has 0 aliphatic heterocycles. The van der Waals surface area contributed by atoms with Crippen LogP contribution in [0.25, 0.3) is 55.3 Å². The van der Waals surface area contributed by atoms with Crippen molar-refractivity contribution in [2.75, 3.05) is 0 Å². The molecule has 10 heteroatoms. The molecular formula is C22H16ClN7OS. The molecule has 0 atom stereocenters. The summed E-state index contributed by atoms with van der Waals surface area (Å²) in [6.07, 6.45) is 1.85. The summed E-state index contributed by atoms with van der Waals surface area (Å²) < 4.78 is 2.40. The number of hydrogen-bond donors (Lipinski definition) is 3. The Morgan fingerprint density at radius 3 is 2.75 bits per heavy atom. The van der Waals surface area contributed by atoms with Gasteiger partial charge >= 0.3 is 0 Å². The van der Waals surface area contributed by atoms with Crippen LogP contribution in [0.5, 0.6) is 0 Å². The van der Waals surface area contributed by atoms with E-state index in [0.29, 0.717) is 28.4 Å². The number of aliphatic hydroxyl groups is 1. The molecule has 5 aromatic heterocycles. The summed E-state index contributed by atoms with van der Waals surface area (Å²) in [5.74, 6) is 0.625. The van der Waals surface area contributed by atoms with Crippen LogP contribution in [0.4, 0.5) is 0 Å². The maximum absolute atomic E-state index is 9.66. The van der Waals surface area contributed by atoms with Gasteiger partial charge in [0.05, 0.1) is 38.9 Å². The zero-order chi connectivity index (χ0) is 21.8. The van der Waals surface area contributed by atoms with E-state index >= 15 is 0 Å². The average Bonchev–Trinajstić information content (AvgIpc) is 3.57. The third-order valence-electron chi connectivity index (χ3n) is 5.31. The molecular weight excluding hydrogens is 446 g/mol. The Bertz CT molecular complexity index is 1610. The lowest BCUT2D eigenvalue weighted by molar-refractivity contribution is 0.276. The summed E-state index contributed by atoms with van der Waals surface area (Å²) in [4.78, 5) is 14.1. The summed E-state index contributed by atoms with van der Waals surface area (Å²) in [6, 6.07) is 13.7. The monoisotopic (exact) mass is 461 g/mol. The molecule has 0 radical (unpaired) electrons. The Balaban J connectivity index is 1.51. The van der Waals surface area contributed by atoms with Gasteiger partial charge in [0, 0.05) is 29.2 Å². The fourth-order valence-corrected chi connectivity index (χ4v) is 4.95. The number of aromatic amines is 2. The van der Waals surface area contributed by atoms with Gasteiger partial charge in [-0.15, -0.1) is 11.3 Å². The van der Waals surface area contributed by atoms with Crippen molar-refractivity contribution in [1.82, 2.24) is 34.9 Å². The van der Waals surface area contributed by atoms with Crippen molar-refractivity contribution in [2.45, 2.75) is 6.61 Å². The van der Waals surface area contributed by atoms with Gasteiger partial charge in [0.25, 0.3) is 0 Å². The molecule has 0 aliphatic carbocycles. The second kappa shape index (κ2) is 7.27. The molecule has 1 aromatic carbocycles. The van der Waals surface area contributed by atoms with Crippen molar-refractivity contribution in [3.63, 3.8) is 0 Å². The van der Waals surface area contributed by atoms with Gasteiger partial charge in [-0.05, 0) is 30.3 Å². The zero-order valence-electron chi connectivity index (χ0n) is 16.8. The quantitative estimate of drug-likeness (QED) is 0.350. The van der Waals surface area contributed by atoms with Crippen LogP contribution < -0.4 is 0 Å². The Morgan fingerprint density at radius 2 is 1.94 bits per heavy atom. The van der Waals surface area contributed by atoms with Gasteiger partial charge in [0.1, 0.15) is 5.52 Å². The van der Waals surface area contributed by atoms with E-state index in [2.05, 4.69) is 20.3 Å². The standard InChI is InChI=1S/C22H16ClN7OS/c1-30-9-12(16(10-31)29-30)13-5-6-15-20(24-13)21(28-27-15)22-25-14-4-2-3-11(19(14)26-22)17-7-8-18(23)32-17/h2-9,31H,10H2,1H3,(H,25,26)(H,27,28). The first-order chi connectivity index (χ1) is 15.6. The summed E-state index contributed by atoms with van der Waals surface area (Å²) in [6.45, 7) is -0.160. The van der Waals surface area contributed by atoms with Crippen LogP contribution in [0.1, 0.15) is 5.69 Å². The number of aromatic nitrogens is 7. The van der Waals surface area contributed by atoms with E-state index in [0.717, 1.165) is 36.9 Å². The zero-order valence-corrected chi connectivity index (χ0v) is 18.4. The highest BCUT2D eigenvalue weighted by Gasteiger charge is 2.18. The fourth-order valence-electron chi connectivity index (χ4n) is 3.88. The number of rotatable bonds is 4. The molecule has 0 aliphatic rings. The van der Waals surface area contributed by atoms with E-state index < -0.39 is 0 Å². The molecule has 5 heterocycles. The van der Waals surface area contributed by atoms with Crippen LogP contribution in [-0.4, -0.2) is 40.0 Å². The minimum atomic E-state index is -0.160. The van der Waals surface area contributed by atoms with Crippen molar-refractivity contribution in [3.05, 3.63) is 58.7 Å². The lowest BCUT2D eigenvalue weighted by Crippen LogP contribution is -1.91. The molecule has 0 saturated carbocycles. The Hall–Kier alpha value is -3.53. The van der Waals surface area contributed by atoms with Gasteiger partial charge in [-0.1, -0.05) is 23.7 Å². The first kappa shape index (κ1) is 19.2. The summed E-state index contributed by atoms with van der Waals surface area (Å²) >= 11 is 7.67. The number of fused-ring (bicyclic) bond motifs is 2. The summed E-state index contributed by atoms with van der Waals surface area (Å²) in [7, 11) is 1.82. The first-order valence-corrected chi connectivity index (χ1v) is 11.0. The number of thiophene rings is 1.